The second-order valence-corrected chi connectivity index (χ2v) is 11.8. The van der Waals surface area contributed by atoms with Crippen LogP contribution in [0.25, 0.3) is 22.3 Å². The van der Waals surface area contributed by atoms with Crippen LogP contribution in [-0.4, -0.2) is 70.5 Å². The summed E-state index contributed by atoms with van der Waals surface area (Å²) in [6.07, 6.45) is 2.70. The Bertz CT molecular complexity index is 1410. The predicted molar refractivity (Wildman–Crippen MR) is 160 cm³/mol. The molecule has 0 radical (unpaired) electrons. The van der Waals surface area contributed by atoms with Gasteiger partial charge in [0.1, 0.15) is 12.4 Å². The van der Waals surface area contributed by atoms with Crippen LogP contribution < -0.4 is 25.8 Å². The highest BCUT2D eigenvalue weighted by molar-refractivity contribution is 7.84. The molecule has 1 aromatic heterocycles. The van der Waals surface area contributed by atoms with Crippen molar-refractivity contribution < 1.29 is 18.1 Å². The Kier molecular flexibility index (Phi) is 11.2. The van der Waals surface area contributed by atoms with Crippen LogP contribution in [0.4, 0.5) is 10.1 Å². The number of aromatic nitrogens is 2. The Balaban J connectivity index is 0.000000810. The first-order valence-corrected chi connectivity index (χ1v) is 15.2. The average molecular weight is 574 g/mol. The van der Waals surface area contributed by atoms with Gasteiger partial charge in [0.25, 0.3) is 5.56 Å². The molecule has 3 aromatic rings. The first kappa shape index (κ1) is 31.2. The number of halogens is 1. The summed E-state index contributed by atoms with van der Waals surface area (Å²) in [4.78, 5) is 33.4. The number of nitrogens with one attached hydrogen (secondary N) is 2. The minimum atomic E-state index is -0.573. The molecule has 4 rings (SSSR count). The van der Waals surface area contributed by atoms with Crippen molar-refractivity contribution in [1.82, 2.24) is 20.2 Å². The highest BCUT2D eigenvalue weighted by Crippen LogP contribution is 2.27. The van der Waals surface area contributed by atoms with E-state index in [1.54, 1.807) is 6.26 Å². The molecule has 11 heteroatoms. The zero-order chi connectivity index (χ0) is 29.4. The molecular weight excluding hydrogens is 533 g/mol. The van der Waals surface area contributed by atoms with E-state index in [9.17, 15) is 18.2 Å². The third-order valence-electron chi connectivity index (χ3n) is 6.46. The van der Waals surface area contributed by atoms with Gasteiger partial charge in [-0.15, -0.1) is 0 Å². The normalized spacial score (nSPS) is 16.2. The topological polar surface area (TPSA) is 106 Å². The van der Waals surface area contributed by atoms with Crippen molar-refractivity contribution in [2.45, 2.75) is 52.7 Å². The molecule has 0 bridgehead atoms. The average Bonchev–Trinajstić information content (AvgIpc) is 3.14. The first-order valence-electron chi connectivity index (χ1n) is 13.5. The van der Waals surface area contributed by atoms with Gasteiger partial charge in [-0.05, 0) is 70.1 Å². The van der Waals surface area contributed by atoms with Crippen molar-refractivity contribution in [3.05, 3.63) is 52.6 Å². The van der Waals surface area contributed by atoms with Crippen molar-refractivity contribution in [3.63, 3.8) is 0 Å². The molecule has 2 atom stereocenters. The minimum absolute atomic E-state index is 0.0364. The van der Waals surface area contributed by atoms with Crippen LogP contribution in [0.3, 0.4) is 0 Å². The Morgan fingerprint density at radius 1 is 1.27 bits per heavy atom. The predicted octanol–water partition coefficient (Wildman–Crippen LogP) is 3.31. The maximum atomic E-state index is 14.1. The second-order valence-electron chi connectivity index (χ2n) is 10.1. The summed E-state index contributed by atoms with van der Waals surface area (Å²) in [5.74, 6) is 0.269. The van der Waals surface area contributed by atoms with Gasteiger partial charge in [-0.3, -0.25) is 18.4 Å². The summed E-state index contributed by atoms with van der Waals surface area (Å²) in [5, 5.41) is 6.73. The van der Waals surface area contributed by atoms with Crippen molar-refractivity contribution in [2.24, 2.45) is 0 Å². The number of hydrogen-bond donors (Lipinski definition) is 2. The number of benzene rings is 2. The van der Waals surface area contributed by atoms with Gasteiger partial charge in [0.05, 0.1) is 18.0 Å². The second kappa shape index (κ2) is 14.4. The lowest BCUT2D eigenvalue weighted by Crippen LogP contribution is -2.37. The van der Waals surface area contributed by atoms with E-state index < -0.39 is 16.6 Å². The molecule has 40 heavy (non-hydrogen) atoms. The van der Waals surface area contributed by atoms with E-state index in [4.69, 9.17) is 9.72 Å². The van der Waals surface area contributed by atoms with Gasteiger partial charge in [0, 0.05) is 59.2 Å². The molecule has 0 saturated carbocycles. The van der Waals surface area contributed by atoms with Crippen LogP contribution in [0.2, 0.25) is 0 Å². The number of carbonyl (C=O) groups is 1. The van der Waals surface area contributed by atoms with Crippen LogP contribution in [-0.2, 0) is 22.1 Å². The number of carbonyl (C=O) groups excluding carboxylic acids is 1. The monoisotopic (exact) mass is 573 g/mol. The number of amides is 1. The highest BCUT2D eigenvalue weighted by Gasteiger charge is 2.20. The fourth-order valence-electron chi connectivity index (χ4n) is 4.42. The molecule has 1 saturated heterocycles. The Labute approximate surface area is 237 Å². The van der Waals surface area contributed by atoms with Crippen molar-refractivity contribution in [3.8, 4) is 17.1 Å². The van der Waals surface area contributed by atoms with Gasteiger partial charge in [-0.2, -0.15) is 0 Å². The van der Waals surface area contributed by atoms with Crippen LogP contribution in [0.1, 0.15) is 34.1 Å². The smallest absolute Gasteiger partial charge is 0.262 e. The van der Waals surface area contributed by atoms with Gasteiger partial charge >= 0.3 is 0 Å². The molecule has 1 fully saturated rings. The zero-order valence-electron chi connectivity index (χ0n) is 24.1. The molecule has 1 aliphatic heterocycles. The van der Waals surface area contributed by atoms with Crippen molar-refractivity contribution in [1.29, 1.82) is 0 Å². The molecule has 218 valence electrons. The molecule has 0 aliphatic carbocycles. The molecule has 0 spiro atoms. The third-order valence-corrected chi connectivity index (χ3v) is 7.28. The van der Waals surface area contributed by atoms with Crippen LogP contribution in [0.15, 0.2) is 41.2 Å². The lowest BCUT2D eigenvalue weighted by molar-refractivity contribution is -0.122. The highest BCUT2D eigenvalue weighted by atomic mass is 32.2. The number of nitrogens with zero attached hydrogens (tertiary/aromatic N) is 3. The van der Waals surface area contributed by atoms with E-state index in [0.29, 0.717) is 22.5 Å². The Morgan fingerprint density at radius 3 is 2.65 bits per heavy atom. The number of ether oxygens (including phenoxy) is 1. The summed E-state index contributed by atoms with van der Waals surface area (Å²) >= 11 is 0. The maximum Gasteiger partial charge on any atom is 0.262 e. The summed E-state index contributed by atoms with van der Waals surface area (Å²) in [6.45, 7) is 10.2. The summed E-state index contributed by atoms with van der Waals surface area (Å²) in [5.41, 5.74) is 1.62. The Morgan fingerprint density at radius 2 is 2.00 bits per heavy atom. The van der Waals surface area contributed by atoms with Crippen LogP contribution >= 0.6 is 0 Å². The van der Waals surface area contributed by atoms with E-state index in [1.807, 2.05) is 39.0 Å². The van der Waals surface area contributed by atoms with E-state index in [1.165, 1.54) is 29.9 Å². The molecule has 2 aromatic carbocycles. The van der Waals surface area contributed by atoms with E-state index in [2.05, 4.69) is 22.5 Å². The number of methoxy groups -OCH3 is 1. The molecule has 2 N–H and O–H groups in total. The quantitative estimate of drug-likeness (QED) is 0.447. The number of anilines is 1. The summed E-state index contributed by atoms with van der Waals surface area (Å²) < 4.78 is 30.5. The lowest BCUT2D eigenvalue weighted by Gasteiger charge is -2.25. The van der Waals surface area contributed by atoms with Crippen molar-refractivity contribution >= 4 is 33.3 Å². The van der Waals surface area contributed by atoms with E-state index >= 15 is 0 Å². The van der Waals surface area contributed by atoms with Gasteiger partial charge < -0.3 is 20.3 Å². The Hall–Kier alpha value is -3.31. The molecule has 2 unspecified atom stereocenters. The SMILES string of the molecule is CCS(C)=O.COc1cc(-c2nc3ccc(N4CCCNC(C)C4)cc3c(=O)n2CC(=O)NC(C)C)ccc1F. The van der Waals surface area contributed by atoms with Gasteiger partial charge in [-0.25, -0.2) is 9.37 Å². The zero-order valence-corrected chi connectivity index (χ0v) is 24.9. The van der Waals surface area contributed by atoms with Gasteiger partial charge in [0.15, 0.2) is 11.6 Å². The fraction of sp³-hybridized carbons (Fsp3) is 0.483. The third kappa shape index (κ3) is 8.11. The van der Waals surface area contributed by atoms with Crippen LogP contribution in [0.5, 0.6) is 5.75 Å². The number of fused-ring (bicyclic) bond motifs is 1. The van der Waals surface area contributed by atoms with Gasteiger partial charge in [0.2, 0.25) is 5.91 Å². The van der Waals surface area contributed by atoms with E-state index in [-0.39, 0.29) is 35.6 Å². The summed E-state index contributed by atoms with van der Waals surface area (Å²) in [6, 6.07) is 10.2. The molecule has 2 heterocycles. The summed E-state index contributed by atoms with van der Waals surface area (Å²) in [7, 11) is 0.802. The molecule has 9 nitrogen and oxygen atoms in total. The molecule has 1 amide bonds. The lowest BCUT2D eigenvalue weighted by atomic mass is 10.1. The minimum Gasteiger partial charge on any atom is -0.494 e. The largest absolute Gasteiger partial charge is 0.494 e. The van der Waals surface area contributed by atoms with Gasteiger partial charge in [-0.1, -0.05) is 6.92 Å². The maximum absolute atomic E-state index is 14.1. The van der Waals surface area contributed by atoms with Crippen molar-refractivity contribution in [2.75, 3.05) is 43.7 Å². The first-order chi connectivity index (χ1) is 19.0. The number of rotatable bonds is 7. The van der Waals surface area contributed by atoms with E-state index in [0.717, 1.165) is 37.5 Å². The molecular formula is C29H40FN5O4S. The fourth-order valence-corrected chi connectivity index (χ4v) is 4.42. The molecule has 1 aliphatic rings. The van der Waals surface area contributed by atoms with Crippen LogP contribution in [0, 0.1) is 5.82 Å². The number of hydrogen-bond acceptors (Lipinski definition) is 7. The standard InChI is InChI=1S/C26H32FN5O3.C3H8OS/c1-16(2)29-24(33)15-32-25(18-6-8-21(27)23(12-18)35-4)30-22-9-7-19(13-20(22)26(32)34)31-11-5-10-28-17(3)14-31;1-3-5(2)4/h6-9,12-13,16-17,28H,5,10-11,14-15H2,1-4H3,(H,29,33);3H2,1-2H3.